The van der Waals surface area contributed by atoms with Crippen LogP contribution in [0.2, 0.25) is 0 Å². The van der Waals surface area contributed by atoms with Gasteiger partial charge in [0.1, 0.15) is 11.6 Å². The van der Waals surface area contributed by atoms with Crippen LogP contribution >= 0.6 is 12.2 Å². The maximum atomic E-state index is 12.6. The van der Waals surface area contributed by atoms with Gasteiger partial charge >= 0.3 is 0 Å². The van der Waals surface area contributed by atoms with E-state index in [-0.39, 0.29) is 17.1 Å². The predicted molar refractivity (Wildman–Crippen MR) is 57.2 cm³/mol. The van der Waals surface area contributed by atoms with Gasteiger partial charge in [0.15, 0.2) is 0 Å². The van der Waals surface area contributed by atoms with Crippen LogP contribution in [-0.2, 0) is 0 Å². The average molecular weight is 228 g/mol. The second kappa shape index (κ2) is 4.70. The maximum absolute atomic E-state index is 12.6. The third kappa shape index (κ3) is 3.17. The number of carbonyl (C=O) groups is 1. The first-order valence-electron chi connectivity index (χ1n) is 4.05. The van der Waals surface area contributed by atoms with E-state index in [4.69, 9.17) is 5.73 Å². The van der Waals surface area contributed by atoms with Gasteiger partial charge in [0, 0.05) is 6.07 Å². The van der Waals surface area contributed by atoms with Gasteiger partial charge < -0.3 is 16.2 Å². The molecule has 1 aromatic rings. The number of halogens is 1. The molecular weight excluding hydrogens is 219 g/mol. The van der Waals surface area contributed by atoms with Gasteiger partial charge in [-0.25, -0.2) is 4.39 Å². The second-order valence-electron chi connectivity index (χ2n) is 2.81. The van der Waals surface area contributed by atoms with Crippen molar-refractivity contribution in [2.75, 3.05) is 6.54 Å². The molecule has 0 bridgehead atoms. The van der Waals surface area contributed by atoms with Gasteiger partial charge in [0.2, 0.25) is 0 Å². The van der Waals surface area contributed by atoms with Crippen molar-refractivity contribution in [3.63, 3.8) is 0 Å². The zero-order valence-electron chi connectivity index (χ0n) is 7.66. The van der Waals surface area contributed by atoms with Gasteiger partial charge in [-0.15, -0.1) is 0 Å². The van der Waals surface area contributed by atoms with E-state index in [1.807, 2.05) is 0 Å². The summed E-state index contributed by atoms with van der Waals surface area (Å²) in [5.74, 6) is -1.59. The lowest BCUT2D eigenvalue weighted by molar-refractivity contribution is 0.0956. The Morgan fingerprint density at radius 2 is 2.27 bits per heavy atom. The minimum Gasteiger partial charge on any atom is -0.507 e. The number of rotatable bonds is 3. The zero-order valence-corrected chi connectivity index (χ0v) is 8.47. The number of hydrogen-bond acceptors (Lipinski definition) is 3. The number of amides is 1. The zero-order chi connectivity index (χ0) is 11.4. The van der Waals surface area contributed by atoms with Crippen LogP contribution in [0, 0.1) is 5.82 Å². The van der Waals surface area contributed by atoms with Crippen molar-refractivity contribution in [3.05, 3.63) is 29.6 Å². The molecule has 1 amide bonds. The van der Waals surface area contributed by atoms with E-state index in [1.165, 1.54) is 6.07 Å². The van der Waals surface area contributed by atoms with Crippen LogP contribution in [0.15, 0.2) is 18.2 Å². The normalized spacial score (nSPS) is 9.67. The predicted octanol–water partition coefficient (Wildman–Crippen LogP) is 0.547. The van der Waals surface area contributed by atoms with Crippen LogP contribution in [-0.4, -0.2) is 22.5 Å². The van der Waals surface area contributed by atoms with E-state index in [1.54, 1.807) is 0 Å². The molecular formula is C9H9FN2O2S. The lowest BCUT2D eigenvalue weighted by Crippen LogP contribution is -2.32. The fourth-order valence-corrected chi connectivity index (χ4v) is 1.03. The molecule has 0 aromatic heterocycles. The van der Waals surface area contributed by atoms with E-state index in [0.717, 1.165) is 12.1 Å². The Hall–Kier alpha value is -1.69. The van der Waals surface area contributed by atoms with Gasteiger partial charge in [0.25, 0.3) is 5.91 Å². The number of nitrogens with two attached hydrogens (primary N) is 1. The Balaban J connectivity index is 2.78. The number of carbonyl (C=O) groups excluding carboxylic acids is 1. The minimum atomic E-state index is -0.613. The molecule has 0 aliphatic rings. The summed E-state index contributed by atoms with van der Waals surface area (Å²) in [6.45, 7) is 0.0327. The first-order chi connectivity index (χ1) is 7.00. The molecule has 80 valence electrons. The van der Waals surface area contributed by atoms with Gasteiger partial charge in [-0.2, -0.15) is 0 Å². The summed E-state index contributed by atoms with van der Waals surface area (Å²) in [7, 11) is 0. The molecule has 0 saturated heterocycles. The molecule has 0 radical (unpaired) electrons. The van der Waals surface area contributed by atoms with Crippen molar-refractivity contribution in [2.24, 2.45) is 5.73 Å². The Morgan fingerprint density at radius 3 is 2.80 bits per heavy atom. The monoisotopic (exact) mass is 228 g/mol. The summed E-state index contributed by atoms with van der Waals surface area (Å²) in [4.78, 5) is 11.5. The van der Waals surface area contributed by atoms with Crippen molar-refractivity contribution in [1.82, 2.24) is 5.32 Å². The summed E-state index contributed by atoms with van der Waals surface area (Å²) in [6.07, 6.45) is 0. The van der Waals surface area contributed by atoms with E-state index in [0.29, 0.717) is 0 Å². The Kier molecular flexibility index (Phi) is 3.56. The van der Waals surface area contributed by atoms with Crippen LogP contribution in [0.1, 0.15) is 10.4 Å². The topological polar surface area (TPSA) is 75.3 Å². The largest absolute Gasteiger partial charge is 0.507 e. The number of thiocarbonyl (C=S) groups is 1. The van der Waals surface area contributed by atoms with Crippen molar-refractivity contribution in [3.8, 4) is 5.75 Å². The van der Waals surface area contributed by atoms with E-state index in [2.05, 4.69) is 17.5 Å². The van der Waals surface area contributed by atoms with Crippen LogP contribution < -0.4 is 11.1 Å². The lowest BCUT2D eigenvalue weighted by Gasteiger charge is -2.05. The molecule has 0 atom stereocenters. The third-order valence-corrected chi connectivity index (χ3v) is 1.77. The SMILES string of the molecule is NC(=S)CNC(=O)c1ccc(F)cc1O. The van der Waals surface area contributed by atoms with Crippen molar-refractivity contribution >= 4 is 23.1 Å². The highest BCUT2D eigenvalue weighted by Gasteiger charge is 2.11. The molecule has 0 saturated carbocycles. The summed E-state index contributed by atoms with van der Waals surface area (Å²) in [5.41, 5.74) is 5.15. The number of nitrogens with one attached hydrogen (secondary N) is 1. The summed E-state index contributed by atoms with van der Waals surface area (Å²) >= 11 is 4.56. The van der Waals surface area contributed by atoms with Crippen LogP contribution in [0.5, 0.6) is 5.75 Å². The Morgan fingerprint density at radius 1 is 1.60 bits per heavy atom. The van der Waals surface area contributed by atoms with Gasteiger partial charge in [-0.3, -0.25) is 4.79 Å². The van der Waals surface area contributed by atoms with E-state index < -0.39 is 17.5 Å². The maximum Gasteiger partial charge on any atom is 0.255 e. The second-order valence-corrected chi connectivity index (χ2v) is 3.33. The Labute approximate surface area is 90.9 Å². The molecule has 1 rings (SSSR count). The number of benzene rings is 1. The first-order valence-corrected chi connectivity index (χ1v) is 4.46. The number of hydrogen-bond donors (Lipinski definition) is 3. The molecule has 0 fully saturated rings. The highest BCUT2D eigenvalue weighted by Crippen LogP contribution is 2.17. The van der Waals surface area contributed by atoms with Crippen molar-refractivity contribution in [1.29, 1.82) is 0 Å². The fourth-order valence-electron chi connectivity index (χ4n) is 0.959. The van der Waals surface area contributed by atoms with E-state index >= 15 is 0 Å². The van der Waals surface area contributed by atoms with Crippen LogP contribution in [0.3, 0.4) is 0 Å². The molecule has 1 aromatic carbocycles. The highest BCUT2D eigenvalue weighted by molar-refractivity contribution is 7.80. The Bertz CT molecular complexity index is 409. The molecule has 0 spiro atoms. The number of phenolic OH excluding ortho intramolecular Hbond substituents is 1. The smallest absolute Gasteiger partial charge is 0.255 e. The molecule has 4 nitrogen and oxygen atoms in total. The quantitative estimate of drug-likeness (QED) is 0.660. The van der Waals surface area contributed by atoms with E-state index in [9.17, 15) is 14.3 Å². The molecule has 15 heavy (non-hydrogen) atoms. The average Bonchev–Trinajstić information content (AvgIpc) is 2.14. The standard InChI is InChI=1S/C9H9FN2O2S/c10-5-1-2-6(7(13)3-5)9(14)12-4-8(11)15/h1-3,13H,4H2,(H2,11,15)(H,12,14). The first kappa shape index (κ1) is 11.4. The molecule has 4 N–H and O–H groups in total. The highest BCUT2D eigenvalue weighted by atomic mass is 32.1. The summed E-state index contributed by atoms with van der Waals surface area (Å²) in [6, 6.07) is 3.12. The fraction of sp³-hybridized carbons (Fsp3) is 0.111. The molecule has 0 unspecified atom stereocenters. The summed E-state index contributed by atoms with van der Waals surface area (Å²) in [5, 5.41) is 11.6. The minimum absolute atomic E-state index is 0.0207. The molecule has 0 aliphatic heterocycles. The number of aromatic hydroxyl groups is 1. The molecule has 0 heterocycles. The molecule has 0 aliphatic carbocycles. The van der Waals surface area contributed by atoms with Crippen molar-refractivity contribution in [2.45, 2.75) is 0 Å². The van der Waals surface area contributed by atoms with Gasteiger partial charge in [0.05, 0.1) is 17.1 Å². The van der Waals surface area contributed by atoms with Crippen LogP contribution in [0.4, 0.5) is 4.39 Å². The lowest BCUT2D eigenvalue weighted by atomic mass is 10.2. The molecule has 6 heteroatoms. The van der Waals surface area contributed by atoms with Gasteiger partial charge in [-0.05, 0) is 12.1 Å². The summed E-state index contributed by atoms with van der Waals surface area (Å²) < 4.78 is 12.6. The third-order valence-electron chi connectivity index (χ3n) is 1.63. The van der Waals surface area contributed by atoms with Crippen molar-refractivity contribution < 1.29 is 14.3 Å². The van der Waals surface area contributed by atoms with Crippen LogP contribution in [0.25, 0.3) is 0 Å². The van der Waals surface area contributed by atoms with Gasteiger partial charge in [-0.1, -0.05) is 12.2 Å². The number of phenols is 1.